The monoisotopic (exact) mass is 438 g/mol. The molecule has 0 radical (unpaired) electrons. The molecule has 2 fully saturated rings. The van der Waals surface area contributed by atoms with Crippen molar-refractivity contribution in [2.24, 2.45) is 0 Å². The Hall–Kier alpha value is -1.88. The maximum absolute atomic E-state index is 12.4. The van der Waals surface area contributed by atoms with Crippen molar-refractivity contribution < 1.29 is 53.8 Å². The number of carboxylic acid groups (broad SMARTS) is 1. The van der Waals surface area contributed by atoms with E-state index in [1.807, 2.05) is 30.3 Å². The maximum atomic E-state index is 12.4. The van der Waals surface area contributed by atoms with Gasteiger partial charge in [0.2, 0.25) is 5.91 Å². The zero-order valence-corrected chi connectivity index (χ0v) is 19.7. The number of β-lactam (4-membered cyclic amide) rings is 1. The molecule has 3 atom stereocenters. The number of aliphatic carboxylic acids is 1. The van der Waals surface area contributed by atoms with Gasteiger partial charge in [-0.3, -0.25) is 4.79 Å². The summed E-state index contributed by atoms with van der Waals surface area (Å²) >= 11 is 1.41. The molecule has 0 spiro atoms. The van der Waals surface area contributed by atoms with E-state index in [1.165, 1.54) is 21.3 Å². The van der Waals surface area contributed by atoms with Crippen LogP contribution in [0.1, 0.15) is 30.8 Å². The molecule has 152 valence electrons. The summed E-state index contributed by atoms with van der Waals surface area (Å²) in [4.78, 5) is 37.6. The summed E-state index contributed by atoms with van der Waals surface area (Å²) in [5, 5.41) is 19.8. The minimum atomic E-state index is -1.30. The predicted molar refractivity (Wildman–Crippen MR) is 101 cm³/mol. The van der Waals surface area contributed by atoms with Gasteiger partial charge in [0.1, 0.15) is 5.69 Å². The van der Waals surface area contributed by atoms with E-state index in [1.54, 1.807) is 13.8 Å². The first-order chi connectivity index (χ1) is 13.9. The van der Waals surface area contributed by atoms with E-state index in [0.29, 0.717) is 17.7 Å². The Labute approximate surface area is 199 Å². The molecule has 3 heterocycles. The maximum Gasteiger partial charge on any atom is 1.00 e. The smallest absolute Gasteiger partial charge is 0.548 e. The third-order valence-corrected chi connectivity index (χ3v) is 6.70. The molecule has 30 heavy (non-hydrogen) atoms. The van der Waals surface area contributed by atoms with Gasteiger partial charge < -0.3 is 19.5 Å². The van der Waals surface area contributed by atoms with Gasteiger partial charge in [-0.2, -0.15) is 0 Å². The topological polar surface area (TPSA) is 117 Å². The summed E-state index contributed by atoms with van der Waals surface area (Å²) < 4.78 is 5.72. The number of thioether (sulfide) groups is 1. The van der Waals surface area contributed by atoms with Crippen LogP contribution in [0.2, 0.25) is 0 Å². The van der Waals surface area contributed by atoms with Gasteiger partial charge in [0.05, 0.1) is 41.7 Å². The molecule has 2 aliphatic rings. The number of carbonyl (C=O) groups excluding carboxylic acids is 3. The number of fused-ring (bicyclic) bond motifs is 1. The average molecular weight is 438 g/mol. The molecule has 0 saturated carbocycles. The molecule has 1 aromatic heterocycles. The van der Waals surface area contributed by atoms with E-state index < -0.39 is 22.7 Å². The molecule has 0 unspecified atom stereocenters. The van der Waals surface area contributed by atoms with E-state index in [-0.39, 0.29) is 59.7 Å². The largest absolute Gasteiger partial charge is 1.00 e. The van der Waals surface area contributed by atoms with Gasteiger partial charge >= 0.3 is 35.5 Å². The zero-order chi connectivity index (χ0) is 20.8. The van der Waals surface area contributed by atoms with Crippen LogP contribution in [-0.2, 0) is 20.9 Å². The Balaban J connectivity index is 0.00000256. The third kappa shape index (κ3) is 3.77. The summed E-state index contributed by atoms with van der Waals surface area (Å²) in [6.07, 6.45) is 0.307. The number of ether oxygens (including phenoxy) is 1. The van der Waals surface area contributed by atoms with Crippen LogP contribution in [0.3, 0.4) is 0 Å². The van der Waals surface area contributed by atoms with Gasteiger partial charge in [0.15, 0.2) is 5.69 Å². The van der Waals surface area contributed by atoms with Crippen LogP contribution in [0.25, 0.3) is 11.3 Å². The van der Waals surface area contributed by atoms with Gasteiger partial charge in [-0.1, -0.05) is 35.5 Å². The van der Waals surface area contributed by atoms with Gasteiger partial charge in [-0.05, 0) is 13.8 Å². The minimum Gasteiger partial charge on any atom is -0.548 e. The Morgan fingerprint density at radius 1 is 1.33 bits per heavy atom. The summed E-state index contributed by atoms with van der Waals surface area (Å²) in [5.74, 6) is -2.10. The second-order valence-electron chi connectivity index (χ2n) is 7.14. The Kier molecular flexibility index (Phi) is 6.61. The van der Waals surface area contributed by atoms with Crippen molar-refractivity contribution in [3.8, 4) is 11.3 Å². The Morgan fingerprint density at radius 2 is 2.03 bits per heavy atom. The summed E-state index contributed by atoms with van der Waals surface area (Å²) in [6, 6.07) is 8.03. The molecular weight excluding hydrogens is 419 g/mol. The van der Waals surface area contributed by atoms with Crippen molar-refractivity contribution in [2.75, 3.05) is 6.61 Å². The number of amides is 1. The van der Waals surface area contributed by atoms with E-state index >= 15 is 0 Å². The third-order valence-electron chi connectivity index (χ3n) is 5.15. The SMILES string of the molecule is CCOC(=O)c1nnn(C[C@]2(C)S[C@@H]3CC(=O)N3[C@H]2C(=O)[O-])c1-c1ccccc1.[Na+]. The summed E-state index contributed by atoms with van der Waals surface area (Å²) in [6.45, 7) is 3.79. The first kappa shape index (κ1) is 22.8. The fourth-order valence-corrected chi connectivity index (χ4v) is 5.64. The molecule has 2 aromatic rings. The van der Waals surface area contributed by atoms with Crippen molar-refractivity contribution in [1.29, 1.82) is 0 Å². The molecule has 0 bridgehead atoms. The number of carbonyl (C=O) groups is 3. The first-order valence-electron chi connectivity index (χ1n) is 9.21. The number of nitrogens with zero attached hydrogens (tertiary/aromatic N) is 4. The normalized spacial score (nSPS) is 24.6. The van der Waals surface area contributed by atoms with E-state index in [9.17, 15) is 19.5 Å². The van der Waals surface area contributed by atoms with Crippen LogP contribution in [0.15, 0.2) is 30.3 Å². The number of esters is 1. The number of carboxylic acids is 1. The van der Waals surface area contributed by atoms with Crippen LogP contribution in [0.5, 0.6) is 0 Å². The molecule has 1 aromatic carbocycles. The predicted octanol–water partition coefficient (Wildman–Crippen LogP) is -2.69. The first-order valence-corrected chi connectivity index (χ1v) is 10.1. The molecular formula is C19H19N4NaO5S. The van der Waals surface area contributed by atoms with E-state index in [0.717, 1.165) is 0 Å². The minimum absolute atomic E-state index is 0. The zero-order valence-electron chi connectivity index (χ0n) is 16.9. The van der Waals surface area contributed by atoms with Crippen LogP contribution < -0.4 is 34.7 Å². The molecule has 9 nitrogen and oxygen atoms in total. The molecule has 1 amide bonds. The van der Waals surface area contributed by atoms with E-state index in [4.69, 9.17) is 4.74 Å². The van der Waals surface area contributed by atoms with Crippen LogP contribution in [0.4, 0.5) is 0 Å². The number of hydrogen-bond donors (Lipinski definition) is 0. The fraction of sp³-hybridized carbons (Fsp3) is 0.421. The Bertz CT molecular complexity index is 985. The van der Waals surface area contributed by atoms with Gasteiger partial charge in [0, 0.05) is 5.56 Å². The van der Waals surface area contributed by atoms with Gasteiger partial charge in [0.25, 0.3) is 0 Å². The molecule has 0 N–H and O–H groups in total. The molecule has 11 heteroatoms. The van der Waals surface area contributed by atoms with Crippen LogP contribution >= 0.6 is 11.8 Å². The van der Waals surface area contributed by atoms with Crippen LogP contribution in [-0.4, -0.2) is 60.5 Å². The molecule has 2 aliphatic heterocycles. The van der Waals surface area contributed by atoms with Crippen molar-refractivity contribution in [2.45, 2.75) is 43.0 Å². The van der Waals surface area contributed by atoms with E-state index in [2.05, 4.69) is 10.3 Å². The van der Waals surface area contributed by atoms with Crippen molar-refractivity contribution in [3.63, 3.8) is 0 Å². The second-order valence-corrected chi connectivity index (χ2v) is 8.86. The summed E-state index contributed by atoms with van der Waals surface area (Å²) in [5.41, 5.74) is 1.22. The summed E-state index contributed by atoms with van der Waals surface area (Å²) in [7, 11) is 0. The van der Waals surface area contributed by atoms with Gasteiger partial charge in [-0.25, -0.2) is 9.48 Å². The number of aromatic nitrogens is 3. The quantitative estimate of drug-likeness (QED) is 0.272. The van der Waals surface area contributed by atoms with Gasteiger partial charge in [-0.15, -0.1) is 16.9 Å². The molecule has 2 saturated heterocycles. The molecule has 4 rings (SSSR count). The number of hydrogen-bond acceptors (Lipinski definition) is 8. The Morgan fingerprint density at radius 3 is 2.63 bits per heavy atom. The second kappa shape index (κ2) is 8.70. The van der Waals surface area contributed by atoms with Crippen LogP contribution in [0, 0.1) is 0 Å². The average Bonchev–Trinajstić information content (AvgIpc) is 3.19. The molecule has 0 aliphatic carbocycles. The number of rotatable bonds is 6. The van der Waals surface area contributed by atoms with Crippen molar-refractivity contribution in [1.82, 2.24) is 19.9 Å². The fourth-order valence-electron chi connectivity index (χ4n) is 3.91. The van der Waals surface area contributed by atoms with Crippen molar-refractivity contribution >= 4 is 29.6 Å². The number of benzene rings is 1. The van der Waals surface area contributed by atoms with Crippen molar-refractivity contribution in [3.05, 3.63) is 36.0 Å². The standard InChI is InChI=1S/C19H20N4O5S.Na/c1-3-28-18(27)14-15(11-7-5-4-6-8-11)22(21-20-14)10-19(2)16(17(25)26)23-12(24)9-13(23)29-19;/h4-8,13,16H,3,9-10H2,1-2H3,(H,25,26);/q;+1/p-1/t13-,16+,19+;/m1./s1.